The van der Waals surface area contributed by atoms with Gasteiger partial charge in [-0.05, 0) is 81.9 Å². The van der Waals surface area contributed by atoms with E-state index in [-0.39, 0.29) is 0 Å². The van der Waals surface area contributed by atoms with Crippen molar-refractivity contribution in [3.05, 3.63) is 155 Å². The van der Waals surface area contributed by atoms with Crippen LogP contribution in [0, 0.1) is 13.8 Å². The molecule has 4 aromatic carbocycles. The van der Waals surface area contributed by atoms with Gasteiger partial charge in [0.2, 0.25) is 11.4 Å². The number of aryl methyl sites for hydroxylation is 4. The molecule has 6 heteroatoms. The number of hydrogen-bond acceptors (Lipinski definition) is 2. The van der Waals surface area contributed by atoms with Gasteiger partial charge >= 0.3 is 0 Å². The summed E-state index contributed by atoms with van der Waals surface area (Å²) in [6.07, 6.45) is 18.4. The standard InChI is InChI=1S/C52H66N4S2/c1-43-25-27-45(51-23-9-7-21-49(43)51)29-31-47-19-11-13-33-53(47)35-15-17-37-55(3,4)39-41-57-58-42-40-56(5,6)38-18-16-36-54-34-14-12-20-48(54)32-30-46-28-26-44(2)50-22-8-10-24-52(46)50/h7-14,19-34H,15-18,35-42H2,1-6H3/q+4/b31-29+,32-30+. The van der Waals surface area contributed by atoms with Crippen LogP contribution >= 0.6 is 21.6 Å². The van der Waals surface area contributed by atoms with Crippen molar-refractivity contribution in [1.82, 2.24) is 0 Å². The Morgan fingerprint density at radius 1 is 0.431 bits per heavy atom. The second-order valence-electron chi connectivity index (χ2n) is 17.2. The minimum atomic E-state index is 1.05. The maximum absolute atomic E-state index is 2.41. The molecule has 2 aromatic heterocycles. The summed E-state index contributed by atoms with van der Waals surface area (Å²) in [5.74, 6) is 2.40. The van der Waals surface area contributed by atoms with Crippen LogP contribution in [0.4, 0.5) is 0 Å². The lowest BCUT2D eigenvalue weighted by Crippen LogP contribution is -2.43. The quantitative estimate of drug-likeness (QED) is 0.0310. The van der Waals surface area contributed by atoms with Gasteiger partial charge in [0, 0.05) is 62.1 Å². The van der Waals surface area contributed by atoms with Gasteiger partial charge in [-0.1, -0.05) is 94.4 Å². The fraction of sp³-hybridized carbons (Fsp3) is 0.346. The van der Waals surface area contributed by atoms with Gasteiger partial charge in [-0.15, -0.1) is 0 Å². The molecule has 0 spiro atoms. The molecular formula is C52H66N4S2+4. The van der Waals surface area contributed by atoms with Crippen LogP contribution in [-0.2, 0) is 13.1 Å². The Bertz CT molecular complexity index is 2140. The van der Waals surface area contributed by atoms with Crippen LogP contribution in [0.5, 0.6) is 0 Å². The molecule has 0 aliphatic rings. The molecular weight excluding hydrogens is 745 g/mol. The van der Waals surface area contributed by atoms with E-state index in [4.69, 9.17) is 0 Å². The average molecular weight is 811 g/mol. The molecule has 6 rings (SSSR count). The van der Waals surface area contributed by atoms with Gasteiger partial charge < -0.3 is 8.97 Å². The number of unbranched alkanes of at least 4 members (excludes halogenated alkanes) is 2. The largest absolute Gasteiger partial charge is 0.328 e. The monoisotopic (exact) mass is 810 g/mol. The molecule has 0 fully saturated rings. The Labute approximate surface area is 357 Å². The van der Waals surface area contributed by atoms with Crippen molar-refractivity contribution in [3.63, 3.8) is 0 Å². The minimum absolute atomic E-state index is 1.05. The Morgan fingerprint density at radius 2 is 0.828 bits per heavy atom. The third-order valence-electron chi connectivity index (χ3n) is 11.6. The SMILES string of the molecule is Cc1ccc(/C=C/c2cccc[n+]2CCCC[N+](C)(C)CCSSCC[N+](C)(C)CCCC[n+]2ccccc2/C=C/c2ccc(C)c3ccccc23)c2ccccc12. The minimum Gasteiger partial charge on any atom is -0.328 e. The Hall–Kier alpha value is -4.20. The molecule has 0 bridgehead atoms. The first-order chi connectivity index (χ1) is 28.1. The smallest absolute Gasteiger partial charge is 0.205 e. The van der Waals surface area contributed by atoms with Crippen molar-refractivity contribution < 1.29 is 18.1 Å². The highest BCUT2D eigenvalue weighted by Crippen LogP contribution is 2.26. The summed E-state index contributed by atoms with van der Waals surface area (Å²) in [7, 11) is 13.7. The van der Waals surface area contributed by atoms with Gasteiger partial charge in [0.05, 0.1) is 65.9 Å². The fourth-order valence-corrected chi connectivity index (χ4v) is 10.4. The molecule has 2 heterocycles. The zero-order valence-electron chi connectivity index (χ0n) is 35.9. The molecule has 0 N–H and O–H groups in total. The molecule has 0 unspecified atom stereocenters. The van der Waals surface area contributed by atoms with Crippen molar-refractivity contribution in [2.75, 3.05) is 65.9 Å². The number of rotatable bonds is 21. The number of quaternary nitrogens is 2. The molecule has 0 atom stereocenters. The molecule has 6 aromatic rings. The predicted molar refractivity (Wildman–Crippen MR) is 256 cm³/mol. The summed E-state index contributed by atoms with van der Waals surface area (Å²) in [4.78, 5) is 0. The third kappa shape index (κ3) is 12.6. The second-order valence-corrected chi connectivity index (χ2v) is 19.9. The molecule has 0 amide bonds. The van der Waals surface area contributed by atoms with Crippen molar-refractivity contribution >= 4 is 67.4 Å². The van der Waals surface area contributed by atoms with Gasteiger partial charge in [0.15, 0.2) is 12.4 Å². The molecule has 58 heavy (non-hydrogen) atoms. The van der Waals surface area contributed by atoms with Crippen molar-refractivity contribution in [1.29, 1.82) is 0 Å². The van der Waals surface area contributed by atoms with Crippen LogP contribution in [0.2, 0.25) is 0 Å². The highest BCUT2D eigenvalue weighted by molar-refractivity contribution is 8.76. The van der Waals surface area contributed by atoms with Crippen molar-refractivity contribution in [2.45, 2.75) is 52.6 Å². The third-order valence-corrected chi connectivity index (χ3v) is 14.0. The van der Waals surface area contributed by atoms with Crippen LogP contribution in [0.15, 0.2) is 122 Å². The summed E-state index contributed by atoms with van der Waals surface area (Å²) < 4.78 is 6.99. The molecule has 302 valence electrons. The van der Waals surface area contributed by atoms with E-state index in [0.29, 0.717) is 0 Å². The lowest BCUT2D eigenvalue weighted by Gasteiger charge is -2.30. The Kier molecular flexibility index (Phi) is 15.8. The normalized spacial score (nSPS) is 12.4. The van der Waals surface area contributed by atoms with Gasteiger partial charge in [-0.3, -0.25) is 0 Å². The first kappa shape index (κ1) is 43.4. The van der Waals surface area contributed by atoms with E-state index in [1.165, 1.54) is 119 Å². The molecule has 0 saturated carbocycles. The number of hydrogen-bond donors (Lipinski definition) is 0. The number of fused-ring (bicyclic) bond motifs is 2. The van der Waals surface area contributed by atoms with Crippen LogP contribution in [-0.4, -0.2) is 74.8 Å². The molecule has 0 aliphatic carbocycles. The first-order valence-electron chi connectivity index (χ1n) is 21.3. The first-order valence-corrected chi connectivity index (χ1v) is 23.8. The van der Waals surface area contributed by atoms with Crippen molar-refractivity contribution in [3.8, 4) is 0 Å². The van der Waals surface area contributed by atoms with Crippen LogP contribution in [0.25, 0.3) is 45.8 Å². The molecule has 4 nitrogen and oxygen atoms in total. The lowest BCUT2D eigenvalue weighted by molar-refractivity contribution is -0.888. The summed E-state index contributed by atoms with van der Waals surface area (Å²) in [5, 5.41) is 5.30. The zero-order chi connectivity index (χ0) is 40.8. The average Bonchev–Trinajstić information content (AvgIpc) is 3.23. The number of aromatic nitrogens is 2. The Balaban J connectivity index is 0.854. The molecule has 0 saturated heterocycles. The highest BCUT2D eigenvalue weighted by atomic mass is 33.1. The highest BCUT2D eigenvalue weighted by Gasteiger charge is 2.18. The number of pyridine rings is 2. The van der Waals surface area contributed by atoms with Crippen molar-refractivity contribution in [2.24, 2.45) is 0 Å². The number of benzene rings is 4. The molecule has 0 aliphatic heterocycles. The van der Waals surface area contributed by atoms with E-state index in [0.717, 1.165) is 22.1 Å². The molecule has 0 radical (unpaired) electrons. The zero-order valence-corrected chi connectivity index (χ0v) is 37.6. The van der Waals surface area contributed by atoms with E-state index in [1.807, 2.05) is 0 Å². The van der Waals surface area contributed by atoms with E-state index in [9.17, 15) is 0 Å². The Morgan fingerprint density at radius 3 is 1.26 bits per heavy atom. The fourth-order valence-electron chi connectivity index (χ4n) is 7.83. The van der Waals surface area contributed by atoms with E-state index >= 15 is 0 Å². The van der Waals surface area contributed by atoms with E-state index in [2.05, 4.69) is 219 Å². The second kappa shape index (κ2) is 21.2. The van der Waals surface area contributed by atoms with Crippen LogP contribution < -0.4 is 9.13 Å². The predicted octanol–water partition coefficient (Wildman–Crippen LogP) is 11.3. The van der Waals surface area contributed by atoms with E-state index in [1.54, 1.807) is 0 Å². The summed E-state index contributed by atoms with van der Waals surface area (Å²) in [5.41, 5.74) is 7.71. The summed E-state index contributed by atoms with van der Waals surface area (Å²) >= 11 is 0. The maximum Gasteiger partial charge on any atom is 0.205 e. The van der Waals surface area contributed by atoms with Gasteiger partial charge in [0.25, 0.3) is 0 Å². The summed E-state index contributed by atoms with van der Waals surface area (Å²) in [6, 6.07) is 39.5. The van der Waals surface area contributed by atoms with E-state index < -0.39 is 0 Å². The van der Waals surface area contributed by atoms with Gasteiger partial charge in [0.1, 0.15) is 13.1 Å². The lowest BCUT2D eigenvalue weighted by atomic mass is 10.00. The van der Waals surface area contributed by atoms with Crippen LogP contribution in [0.1, 0.15) is 59.3 Å². The maximum atomic E-state index is 2.41. The van der Waals surface area contributed by atoms with Crippen LogP contribution in [0.3, 0.4) is 0 Å². The summed E-state index contributed by atoms with van der Waals surface area (Å²) in [6.45, 7) is 11.3. The van der Waals surface area contributed by atoms with Gasteiger partial charge in [-0.25, -0.2) is 0 Å². The topological polar surface area (TPSA) is 7.76 Å². The van der Waals surface area contributed by atoms with Gasteiger partial charge in [-0.2, -0.15) is 9.13 Å². The number of nitrogens with zero attached hydrogens (tertiary/aromatic N) is 4.